The van der Waals surface area contributed by atoms with Crippen molar-refractivity contribution in [1.82, 2.24) is 4.90 Å². The molecule has 144 valence electrons. The van der Waals surface area contributed by atoms with Crippen LogP contribution in [0.25, 0.3) is 0 Å². The maximum Gasteiger partial charge on any atom is 0.387 e. The largest absolute Gasteiger partial charge is 0.435 e. The van der Waals surface area contributed by atoms with Gasteiger partial charge in [-0.15, -0.1) is 0 Å². The van der Waals surface area contributed by atoms with E-state index in [9.17, 15) is 13.6 Å². The third kappa shape index (κ3) is 5.40. The van der Waals surface area contributed by atoms with Crippen molar-refractivity contribution >= 4 is 17.3 Å². The van der Waals surface area contributed by atoms with E-state index in [1.54, 1.807) is 12.1 Å². The first-order chi connectivity index (χ1) is 13.0. The number of rotatable bonds is 6. The normalized spacial score (nSPS) is 15.0. The number of carbonyl (C=O) groups is 1. The van der Waals surface area contributed by atoms with Gasteiger partial charge in [-0.25, -0.2) is 0 Å². The summed E-state index contributed by atoms with van der Waals surface area (Å²) in [6.45, 7) is 2.91. The summed E-state index contributed by atoms with van der Waals surface area (Å²) in [6.07, 6.45) is 0. The van der Waals surface area contributed by atoms with E-state index >= 15 is 0 Å². The highest BCUT2D eigenvalue weighted by Crippen LogP contribution is 2.21. The minimum Gasteiger partial charge on any atom is -0.435 e. The van der Waals surface area contributed by atoms with E-state index < -0.39 is 6.61 Å². The highest BCUT2D eigenvalue weighted by Gasteiger charge is 2.20. The number of hydrogen-bond acceptors (Lipinski definition) is 4. The maximum absolute atomic E-state index is 12.2. The number of anilines is 2. The fourth-order valence-electron chi connectivity index (χ4n) is 3.19. The van der Waals surface area contributed by atoms with Crippen LogP contribution in [0, 0.1) is 6.92 Å². The van der Waals surface area contributed by atoms with Gasteiger partial charge < -0.3 is 15.0 Å². The van der Waals surface area contributed by atoms with Crippen LogP contribution in [0.15, 0.2) is 48.5 Å². The van der Waals surface area contributed by atoms with E-state index in [-0.39, 0.29) is 11.7 Å². The Morgan fingerprint density at radius 1 is 1.07 bits per heavy atom. The third-order valence-corrected chi connectivity index (χ3v) is 4.56. The van der Waals surface area contributed by atoms with Crippen molar-refractivity contribution in [2.75, 3.05) is 42.9 Å². The van der Waals surface area contributed by atoms with E-state index in [0.29, 0.717) is 12.2 Å². The molecule has 0 atom stereocenters. The Hall–Kier alpha value is -2.67. The summed E-state index contributed by atoms with van der Waals surface area (Å²) in [5, 5.41) is 2.78. The van der Waals surface area contributed by atoms with Gasteiger partial charge in [-0.2, -0.15) is 8.78 Å². The van der Waals surface area contributed by atoms with Crippen molar-refractivity contribution in [3.63, 3.8) is 0 Å². The number of halogens is 2. The zero-order valence-corrected chi connectivity index (χ0v) is 15.2. The van der Waals surface area contributed by atoms with Gasteiger partial charge in [-0.05, 0) is 42.8 Å². The lowest BCUT2D eigenvalue weighted by Gasteiger charge is -2.36. The molecule has 1 fully saturated rings. The number of alkyl halides is 2. The average molecular weight is 375 g/mol. The molecule has 0 aromatic heterocycles. The number of ether oxygens (including phenoxy) is 1. The molecule has 3 rings (SSSR count). The smallest absolute Gasteiger partial charge is 0.387 e. The summed E-state index contributed by atoms with van der Waals surface area (Å²) >= 11 is 0. The van der Waals surface area contributed by atoms with Crippen molar-refractivity contribution in [2.45, 2.75) is 13.5 Å². The molecular weight excluding hydrogens is 352 g/mol. The molecule has 2 aromatic rings. The highest BCUT2D eigenvalue weighted by atomic mass is 19.3. The zero-order valence-electron chi connectivity index (χ0n) is 15.2. The van der Waals surface area contributed by atoms with Crippen LogP contribution in [0.1, 0.15) is 5.56 Å². The monoisotopic (exact) mass is 375 g/mol. The van der Waals surface area contributed by atoms with Crippen LogP contribution in [0.5, 0.6) is 5.75 Å². The molecule has 1 aliphatic heterocycles. The van der Waals surface area contributed by atoms with Gasteiger partial charge in [0.15, 0.2) is 0 Å². The van der Waals surface area contributed by atoms with Crippen LogP contribution < -0.4 is 15.0 Å². The molecule has 0 unspecified atom stereocenters. The third-order valence-electron chi connectivity index (χ3n) is 4.56. The minimum absolute atomic E-state index is 0.0651. The summed E-state index contributed by atoms with van der Waals surface area (Å²) in [5.41, 5.74) is 3.05. The predicted molar refractivity (Wildman–Crippen MR) is 102 cm³/mol. The second kappa shape index (κ2) is 8.81. The molecule has 0 radical (unpaired) electrons. The molecule has 1 N–H and O–H groups in total. The van der Waals surface area contributed by atoms with Crippen molar-refractivity contribution in [3.05, 3.63) is 54.1 Å². The van der Waals surface area contributed by atoms with Crippen LogP contribution >= 0.6 is 0 Å². The van der Waals surface area contributed by atoms with Crippen molar-refractivity contribution < 1.29 is 18.3 Å². The topological polar surface area (TPSA) is 44.8 Å². The molecule has 7 heteroatoms. The number of nitrogens with one attached hydrogen (secondary N) is 1. The van der Waals surface area contributed by atoms with E-state index in [2.05, 4.69) is 38.9 Å². The molecule has 0 saturated carbocycles. The number of amides is 1. The Morgan fingerprint density at radius 3 is 2.37 bits per heavy atom. The molecule has 27 heavy (non-hydrogen) atoms. The SMILES string of the molecule is Cc1ccccc1N1CCN(CC(=O)Nc2ccc(OC(F)F)cc2)CC1. The number of carbonyl (C=O) groups excluding carboxylic acids is 1. The standard InChI is InChI=1S/C20H23F2N3O2/c1-15-4-2-3-5-18(15)25-12-10-24(11-13-25)14-19(26)23-16-6-8-17(9-7-16)27-20(21)22/h2-9,20H,10-14H2,1H3,(H,23,26). The van der Waals surface area contributed by atoms with Gasteiger partial charge in [0.05, 0.1) is 6.54 Å². The summed E-state index contributed by atoms with van der Waals surface area (Å²) in [4.78, 5) is 16.7. The van der Waals surface area contributed by atoms with Crippen LogP contribution in [-0.4, -0.2) is 50.1 Å². The molecule has 0 spiro atoms. The highest BCUT2D eigenvalue weighted by molar-refractivity contribution is 5.92. The van der Waals surface area contributed by atoms with Crippen LogP contribution in [0.2, 0.25) is 0 Å². The quantitative estimate of drug-likeness (QED) is 0.841. The molecular formula is C20H23F2N3O2. The molecule has 5 nitrogen and oxygen atoms in total. The van der Waals surface area contributed by atoms with Crippen molar-refractivity contribution in [1.29, 1.82) is 0 Å². The maximum atomic E-state index is 12.2. The van der Waals surface area contributed by atoms with E-state index in [1.807, 2.05) is 12.1 Å². The minimum atomic E-state index is -2.86. The lowest BCUT2D eigenvalue weighted by Crippen LogP contribution is -2.48. The lowest BCUT2D eigenvalue weighted by molar-refractivity contribution is -0.117. The Labute approximate surface area is 157 Å². The second-order valence-corrected chi connectivity index (χ2v) is 6.50. The number of nitrogens with zero attached hydrogens (tertiary/aromatic N) is 2. The number of piperazine rings is 1. The molecule has 0 aliphatic carbocycles. The number of hydrogen-bond donors (Lipinski definition) is 1. The average Bonchev–Trinajstić information content (AvgIpc) is 2.64. The lowest BCUT2D eigenvalue weighted by atomic mass is 10.1. The van der Waals surface area contributed by atoms with Gasteiger partial charge in [-0.1, -0.05) is 18.2 Å². The van der Waals surface area contributed by atoms with Crippen LogP contribution in [0.3, 0.4) is 0 Å². The summed E-state index contributed by atoms with van der Waals surface area (Å²) in [6, 6.07) is 14.2. The second-order valence-electron chi connectivity index (χ2n) is 6.50. The fraction of sp³-hybridized carbons (Fsp3) is 0.350. The molecule has 2 aromatic carbocycles. The first-order valence-corrected chi connectivity index (χ1v) is 8.89. The molecule has 1 amide bonds. The van der Waals surface area contributed by atoms with Gasteiger partial charge in [0.25, 0.3) is 0 Å². The Morgan fingerprint density at radius 2 is 1.74 bits per heavy atom. The number of aryl methyl sites for hydroxylation is 1. The Kier molecular flexibility index (Phi) is 6.24. The first kappa shape index (κ1) is 19.1. The first-order valence-electron chi connectivity index (χ1n) is 8.89. The molecule has 1 heterocycles. The Bertz CT molecular complexity index is 760. The van der Waals surface area contributed by atoms with Gasteiger partial charge in [-0.3, -0.25) is 9.69 Å². The summed E-state index contributed by atoms with van der Waals surface area (Å²) < 4.78 is 28.6. The van der Waals surface area contributed by atoms with Gasteiger partial charge in [0, 0.05) is 37.6 Å². The Balaban J connectivity index is 1.46. The van der Waals surface area contributed by atoms with E-state index in [0.717, 1.165) is 26.2 Å². The van der Waals surface area contributed by atoms with E-state index in [4.69, 9.17) is 0 Å². The number of benzene rings is 2. The molecule has 1 aliphatic rings. The zero-order chi connectivity index (χ0) is 19.2. The van der Waals surface area contributed by atoms with Crippen LogP contribution in [-0.2, 0) is 4.79 Å². The van der Waals surface area contributed by atoms with Gasteiger partial charge in [0.1, 0.15) is 5.75 Å². The molecule has 1 saturated heterocycles. The fourth-order valence-corrected chi connectivity index (χ4v) is 3.19. The molecule has 0 bridgehead atoms. The summed E-state index contributed by atoms with van der Waals surface area (Å²) in [7, 11) is 0. The van der Waals surface area contributed by atoms with Crippen molar-refractivity contribution in [2.24, 2.45) is 0 Å². The van der Waals surface area contributed by atoms with Gasteiger partial charge >= 0.3 is 6.61 Å². The van der Waals surface area contributed by atoms with Gasteiger partial charge in [0.2, 0.25) is 5.91 Å². The van der Waals surface area contributed by atoms with Crippen LogP contribution in [0.4, 0.5) is 20.2 Å². The van der Waals surface area contributed by atoms with E-state index in [1.165, 1.54) is 23.4 Å². The predicted octanol–water partition coefficient (Wildman–Crippen LogP) is 3.36. The summed E-state index contributed by atoms with van der Waals surface area (Å²) in [5.74, 6) is -0.0582. The number of para-hydroxylation sites is 1. The van der Waals surface area contributed by atoms with Crippen molar-refractivity contribution in [3.8, 4) is 5.75 Å².